The first-order valence-corrected chi connectivity index (χ1v) is 7.57. The van der Waals surface area contributed by atoms with E-state index in [1.807, 2.05) is 48.7 Å². The molecule has 3 aromatic rings. The topological polar surface area (TPSA) is 31.2 Å². The number of ether oxygens (including phenoxy) is 1. The van der Waals surface area contributed by atoms with Crippen LogP contribution < -0.4 is 4.74 Å². The molecule has 0 atom stereocenters. The zero-order chi connectivity index (χ0) is 15.4. The maximum Gasteiger partial charge on any atom is 0.152 e. The van der Waals surface area contributed by atoms with Crippen LogP contribution in [0.3, 0.4) is 0 Å². The van der Waals surface area contributed by atoms with Crippen LogP contribution in [0.15, 0.2) is 54.7 Å². The lowest BCUT2D eigenvalue weighted by Gasteiger charge is -2.10. The maximum atomic E-state index is 11.3. The van der Waals surface area contributed by atoms with Gasteiger partial charge in [0.15, 0.2) is 6.29 Å². The fraction of sp³-hybridized carbons (Fsp3) is 0.211. The number of fused-ring (bicyclic) bond motifs is 1. The molecule has 112 valence electrons. The van der Waals surface area contributed by atoms with Gasteiger partial charge in [0, 0.05) is 17.1 Å². The van der Waals surface area contributed by atoms with Crippen molar-refractivity contribution in [3.05, 3.63) is 65.9 Å². The number of para-hydroxylation sites is 2. The molecule has 0 fully saturated rings. The average Bonchev–Trinajstić information content (AvgIpc) is 2.94. The number of carbonyl (C=O) groups is 1. The predicted molar refractivity (Wildman–Crippen MR) is 88.6 cm³/mol. The van der Waals surface area contributed by atoms with Gasteiger partial charge in [-0.1, -0.05) is 43.3 Å². The van der Waals surface area contributed by atoms with Crippen molar-refractivity contribution < 1.29 is 9.53 Å². The quantitative estimate of drug-likeness (QED) is 0.641. The Kier molecular flexibility index (Phi) is 4.24. The molecule has 0 aliphatic heterocycles. The smallest absolute Gasteiger partial charge is 0.152 e. The van der Waals surface area contributed by atoms with E-state index in [1.165, 1.54) is 5.56 Å². The van der Waals surface area contributed by atoms with Crippen molar-refractivity contribution in [2.45, 2.75) is 19.9 Å². The summed E-state index contributed by atoms with van der Waals surface area (Å²) >= 11 is 0. The molecule has 0 bridgehead atoms. The van der Waals surface area contributed by atoms with Gasteiger partial charge in [-0.2, -0.15) is 0 Å². The third-order valence-corrected chi connectivity index (χ3v) is 3.86. The van der Waals surface area contributed by atoms with Crippen LogP contribution in [0.5, 0.6) is 5.75 Å². The van der Waals surface area contributed by atoms with Gasteiger partial charge in [-0.25, -0.2) is 0 Å². The summed E-state index contributed by atoms with van der Waals surface area (Å²) in [7, 11) is 0. The largest absolute Gasteiger partial charge is 0.492 e. The molecular formula is C19H19NO2. The van der Waals surface area contributed by atoms with E-state index in [1.54, 1.807) is 0 Å². The molecule has 3 heteroatoms. The number of hydrogen-bond donors (Lipinski definition) is 0. The number of aldehydes is 1. The van der Waals surface area contributed by atoms with Crippen molar-refractivity contribution in [2.24, 2.45) is 0 Å². The molecule has 1 aromatic heterocycles. The number of nitrogens with zero attached hydrogens (tertiary/aromatic N) is 1. The monoisotopic (exact) mass is 293 g/mol. The highest BCUT2D eigenvalue weighted by Gasteiger charge is 2.10. The number of aryl methyl sites for hydroxylation is 1. The Bertz CT molecular complexity index is 775. The van der Waals surface area contributed by atoms with Gasteiger partial charge in [0.25, 0.3) is 0 Å². The average molecular weight is 293 g/mol. The number of aromatic nitrogens is 1. The Balaban J connectivity index is 1.85. The molecule has 1 heterocycles. The summed E-state index contributed by atoms with van der Waals surface area (Å²) in [5.41, 5.74) is 3.14. The summed E-state index contributed by atoms with van der Waals surface area (Å²) < 4.78 is 7.89. The molecule has 0 spiro atoms. The van der Waals surface area contributed by atoms with Crippen molar-refractivity contribution >= 4 is 17.2 Å². The number of benzene rings is 2. The van der Waals surface area contributed by atoms with Crippen molar-refractivity contribution in [2.75, 3.05) is 6.61 Å². The van der Waals surface area contributed by atoms with Gasteiger partial charge in [-0.3, -0.25) is 4.79 Å². The Morgan fingerprint density at radius 2 is 1.91 bits per heavy atom. The minimum atomic E-state index is 0.574. The van der Waals surface area contributed by atoms with Crippen molar-refractivity contribution in [3.63, 3.8) is 0 Å². The molecule has 0 amide bonds. The van der Waals surface area contributed by atoms with E-state index in [0.717, 1.165) is 41.5 Å². The maximum absolute atomic E-state index is 11.3. The number of rotatable bonds is 6. The molecule has 3 rings (SSSR count). The zero-order valence-corrected chi connectivity index (χ0v) is 12.7. The van der Waals surface area contributed by atoms with Crippen LogP contribution in [-0.2, 0) is 13.0 Å². The Labute approximate surface area is 130 Å². The summed E-state index contributed by atoms with van der Waals surface area (Å²) in [6.45, 7) is 3.42. The summed E-state index contributed by atoms with van der Waals surface area (Å²) in [5.74, 6) is 0.866. The predicted octanol–water partition coefficient (Wildman–Crippen LogP) is 4.10. The number of hydrogen-bond acceptors (Lipinski definition) is 2. The minimum Gasteiger partial charge on any atom is -0.492 e. The highest BCUT2D eigenvalue weighted by Crippen LogP contribution is 2.24. The minimum absolute atomic E-state index is 0.574. The van der Waals surface area contributed by atoms with Crippen LogP contribution in [0.25, 0.3) is 10.9 Å². The van der Waals surface area contributed by atoms with E-state index in [9.17, 15) is 4.79 Å². The molecule has 0 N–H and O–H groups in total. The second kappa shape index (κ2) is 6.48. The lowest BCUT2D eigenvalue weighted by atomic mass is 10.1. The Morgan fingerprint density at radius 3 is 2.64 bits per heavy atom. The first kappa shape index (κ1) is 14.4. The molecular weight excluding hydrogens is 274 g/mol. The fourth-order valence-electron chi connectivity index (χ4n) is 2.80. The molecule has 3 nitrogen and oxygen atoms in total. The summed E-state index contributed by atoms with van der Waals surface area (Å²) in [6, 6.07) is 15.9. The molecule has 0 unspecified atom stereocenters. The van der Waals surface area contributed by atoms with Crippen LogP contribution >= 0.6 is 0 Å². The van der Waals surface area contributed by atoms with Crippen LogP contribution in [-0.4, -0.2) is 17.5 Å². The third kappa shape index (κ3) is 2.75. The molecule has 0 saturated carbocycles. The van der Waals surface area contributed by atoms with Gasteiger partial charge >= 0.3 is 0 Å². The van der Waals surface area contributed by atoms with E-state index in [-0.39, 0.29) is 0 Å². The van der Waals surface area contributed by atoms with E-state index in [4.69, 9.17) is 4.74 Å². The number of carbonyl (C=O) groups excluding carboxylic acids is 1. The normalized spacial score (nSPS) is 10.8. The second-order valence-corrected chi connectivity index (χ2v) is 5.22. The first-order valence-electron chi connectivity index (χ1n) is 7.57. The van der Waals surface area contributed by atoms with Crippen molar-refractivity contribution in [1.29, 1.82) is 0 Å². The van der Waals surface area contributed by atoms with Gasteiger partial charge in [0.2, 0.25) is 0 Å². The summed E-state index contributed by atoms with van der Waals surface area (Å²) in [6.07, 6.45) is 3.79. The summed E-state index contributed by atoms with van der Waals surface area (Å²) in [4.78, 5) is 11.3. The van der Waals surface area contributed by atoms with Crippen molar-refractivity contribution in [1.82, 2.24) is 4.57 Å². The van der Waals surface area contributed by atoms with Gasteiger partial charge in [0.05, 0.1) is 12.1 Å². The first-order chi connectivity index (χ1) is 10.8. The van der Waals surface area contributed by atoms with E-state index >= 15 is 0 Å². The lowest BCUT2D eigenvalue weighted by Crippen LogP contribution is -2.08. The molecule has 0 aliphatic rings. The van der Waals surface area contributed by atoms with Crippen LogP contribution in [0.4, 0.5) is 0 Å². The van der Waals surface area contributed by atoms with Crippen molar-refractivity contribution in [3.8, 4) is 5.75 Å². The zero-order valence-electron chi connectivity index (χ0n) is 12.7. The third-order valence-electron chi connectivity index (χ3n) is 3.86. The molecule has 2 aromatic carbocycles. The summed E-state index contributed by atoms with van der Waals surface area (Å²) in [5, 5.41) is 1.02. The van der Waals surface area contributed by atoms with Crippen LogP contribution in [0.2, 0.25) is 0 Å². The van der Waals surface area contributed by atoms with Gasteiger partial charge in [0.1, 0.15) is 12.4 Å². The fourth-order valence-corrected chi connectivity index (χ4v) is 2.80. The van der Waals surface area contributed by atoms with Gasteiger partial charge in [-0.15, -0.1) is 0 Å². The standard InChI is InChI=1S/C19H19NO2/c1-2-15-7-6-10-18-16(14-21)13-20(19(15)18)11-12-22-17-8-4-3-5-9-17/h3-10,13-14H,2,11-12H2,1H3. The second-order valence-electron chi connectivity index (χ2n) is 5.22. The molecule has 22 heavy (non-hydrogen) atoms. The highest BCUT2D eigenvalue weighted by molar-refractivity contribution is 5.98. The Morgan fingerprint density at radius 1 is 1.09 bits per heavy atom. The Hall–Kier alpha value is -2.55. The van der Waals surface area contributed by atoms with E-state index < -0.39 is 0 Å². The van der Waals surface area contributed by atoms with Gasteiger partial charge < -0.3 is 9.30 Å². The molecule has 0 aliphatic carbocycles. The molecule has 0 saturated heterocycles. The SMILES string of the molecule is CCc1cccc2c(C=O)cn(CCOc3ccccc3)c12. The molecule has 0 radical (unpaired) electrons. The van der Waals surface area contributed by atoms with Gasteiger partial charge in [-0.05, 0) is 24.1 Å². The van der Waals surface area contributed by atoms with E-state index in [2.05, 4.69) is 17.6 Å². The highest BCUT2D eigenvalue weighted by atomic mass is 16.5. The lowest BCUT2D eigenvalue weighted by molar-refractivity contribution is 0.112. The van der Waals surface area contributed by atoms with E-state index in [0.29, 0.717) is 6.61 Å². The van der Waals surface area contributed by atoms with Crippen LogP contribution in [0.1, 0.15) is 22.8 Å². The van der Waals surface area contributed by atoms with Crippen LogP contribution in [0, 0.1) is 0 Å².